The lowest BCUT2D eigenvalue weighted by Gasteiger charge is -2.25. The summed E-state index contributed by atoms with van der Waals surface area (Å²) in [4.78, 5) is 0.361. The second-order valence-corrected chi connectivity index (χ2v) is 8.09. The molecule has 1 aliphatic heterocycles. The molecule has 1 fully saturated rings. The molecule has 1 aromatic carbocycles. The summed E-state index contributed by atoms with van der Waals surface area (Å²) >= 11 is 0. The number of aromatic nitrogens is 2. The van der Waals surface area contributed by atoms with E-state index in [0.717, 1.165) is 30.5 Å². The summed E-state index contributed by atoms with van der Waals surface area (Å²) in [5.74, 6) is 0. The summed E-state index contributed by atoms with van der Waals surface area (Å²) in [5, 5.41) is 4.48. The van der Waals surface area contributed by atoms with Crippen LogP contribution in [-0.4, -0.2) is 35.6 Å². The van der Waals surface area contributed by atoms with Gasteiger partial charge < -0.3 is 0 Å². The Hall–Kier alpha value is -1.66. The fourth-order valence-electron chi connectivity index (χ4n) is 3.17. The highest BCUT2D eigenvalue weighted by Crippen LogP contribution is 2.27. The van der Waals surface area contributed by atoms with E-state index in [9.17, 15) is 8.42 Å². The van der Waals surface area contributed by atoms with Gasteiger partial charge in [-0.1, -0.05) is 24.1 Å². The molecule has 124 valence electrons. The molecule has 0 N–H and O–H groups in total. The topological polar surface area (TPSA) is 55.2 Å². The lowest BCUT2D eigenvalue weighted by Crippen LogP contribution is -2.36. The first kappa shape index (κ1) is 16.2. The van der Waals surface area contributed by atoms with Gasteiger partial charge in [0.25, 0.3) is 0 Å². The van der Waals surface area contributed by atoms with Crippen LogP contribution in [0.4, 0.5) is 0 Å². The zero-order chi connectivity index (χ0) is 16.6. The standard InChI is InChI=1S/C17H23N3O2S/c1-13-7-9-16(10-8-13)20-15(3)17(14(2)18-20)23(21,22)19-11-5-4-6-12-19/h7-10H,4-6,11-12H2,1-3H3. The Morgan fingerprint density at radius 1 is 0.957 bits per heavy atom. The lowest BCUT2D eigenvalue weighted by molar-refractivity contribution is 0.346. The number of hydrogen-bond acceptors (Lipinski definition) is 3. The summed E-state index contributed by atoms with van der Waals surface area (Å²) in [6.45, 7) is 6.84. The zero-order valence-corrected chi connectivity index (χ0v) is 14.7. The third kappa shape index (κ3) is 2.93. The van der Waals surface area contributed by atoms with Crippen LogP contribution in [0.2, 0.25) is 0 Å². The van der Waals surface area contributed by atoms with Crippen LogP contribution in [0.3, 0.4) is 0 Å². The van der Waals surface area contributed by atoms with Crippen molar-refractivity contribution in [1.82, 2.24) is 14.1 Å². The van der Waals surface area contributed by atoms with Crippen LogP contribution in [0.15, 0.2) is 29.2 Å². The Kier molecular flexibility index (Phi) is 4.29. The minimum atomic E-state index is -3.47. The van der Waals surface area contributed by atoms with Crippen molar-refractivity contribution in [2.45, 2.75) is 44.9 Å². The van der Waals surface area contributed by atoms with E-state index in [2.05, 4.69) is 5.10 Å². The first-order valence-electron chi connectivity index (χ1n) is 8.04. The number of sulfonamides is 1. The monoisotopic (exact) mass is 333 g/mol. The highest BCUT2D eigenvalue weighted by molar-refractivity contribution is 7.89. The van der Waals surface area contributed by atoms with Gasteiger partial charge in [-0.05, 0) is 45.7 Å². The smallest absolute Gasteiger partial charge is 0.236 e. The number of hydrogen-bond donors (Lipinski definition) is 0. The van der Waals surface area contributed by atoms with Crippen LogP contribution in [0, 0.1) is 20.8 Å². The molecular formula is C17H23N3O2S. The molecule has 0 aliphatic carbocycles. The van der Waals surface area contributed by atoms with Gasteiger partial charge in [0.1, 0.15) is 4.90 Å². The van der Waals surface area contributed by atoms with E-state index in [-0.39, 0.29) is 0 Å². The van der Waals surface area contributed by atoms with Crippen LogP contribution in [-0.2, 0) is 10.0 Å². The average Bonchev–Trinajstić information content (AvgIpc) is 2.84. The number of rotatable bonds is 3. The van der Waals surface area contributed by atoms with Crippen molar-refractivity contribution in [2.24, 2.45) is 0 Å². The molecule has 0 atom stereocenters. The zero-order valence-electron chi connectivity index (χ0n) is 13.9. The molecule has 5 nitrogen and oxygen atoms in total. The van der Waals surface area contributed by atoms with Gasteiger partial charge in [-0.3, -0.25) is 0 Å². The van der Waals surface area contributed by atoms with Crippen molar-refractivity contribution in [2.75, 3.05) is 13.1 Å². The molecule has 23 heavy (non-hydrogen) atoms. The Morgan fingerprint density at radius 2 is 1.57 bits per heavy atom. The molecule has 0 bridgehead atoms. The highest BCUT2D eigenvalue weighted by Gasteiger charge is 2.31. The molecule has 0 spiro atoms. The fraction of sp³-hybridized carbons (Fsp3) is 0.471. The van der Waals surface area contributed by atoms with Crippen LogP contribution in [0.5, 0.6) is 0 Å². The fourth-order valence-corrected chi connectivity index (χ4v) is 5.04. The van der Waals surface area contributed by atoms with Gasteiger partial charge in [0.05, 0.1) is 17.1 Å². The van der Waals surface area contributed by atoms with Crippen molar-refractivity contribution in [1.29, 1.82) is 0 Å². The van der Waals surface area contributed by atoms with Crippen molar-refractivity contribution in [3.05, 3.63) is 41.2 Å². The third-order valence-corrected chi connectivity index (χ3v) is 6.57. The Balaban J connectivity index is 2.05. The summed E-state index contributed by atoms with van der Waals surface area (Å²) in [5.41, 5.74) is 3.29. The van der Waals surface area contributed by atoms with Gasteiger partial charge in [-0.2, -0.15) is 9.40 Å². The van der Waals surface area contributed by atoms with Gasteiger partial charge >= 0.3 is 0 Å². The Bertz CT molecular complexity index is 801. The maximum atomic E-state index is 13.0. The lowest BCUT2D eigenvalue weighted by atomic mass is 10.2. The van der Waals surface area contributed by atoms with E-state index in [0.29, 0.717) is 29.4 Å². The molecule has 6 heteroatoms. The summed E-state index contributed by atoms with van der Waals surface area (Å²) in [6.07, 6.45) is 2.97. The molecular weight excluding hydrogens is 310 g/mol. The number of piperidine rings is 1. The van der Waals surface area contributed by atoms with Crippen LogP contribution in [0.1, 0.15) is 36.2 Å². The van der Waals surface area contributed by atoms with E-state index in [1.165, 1.54) is 0 Å². The molecule has 2 aromatic rings. The van der Waals surface area contributed by atoms with Gasteiger partial charge in [0.15, 0.2) is 0 Å². The number of nitrogens with zero attached hydrogens (tertiary/aromatic N) is 3. The minimum Gasteiger partial charge on any atom is -0.236 e. The van der Waals surface area contributed by atoms with E-state index >= 15 is 0 Å². The van der Waals surface area contributed by atoms with Gasteiger partial charge in [-0.25, -0.2) is 13.1 Å². The average molecular weight is 333 g/mol. The van der Waals surface area contributed by atoms with E-state index < -0.39 is 10.0 Å². The van der Waals surface area contributed by atoms with Crippen molar-refractivity contribution < 1.29 is 8.42 Å². The van der Waals surface area contributed by atoms with Crippen molar-refractivity contribution in [3.8, 4) is 5.69 Å². The summed E-state index contributed by atoms with van der Waals surface area (Å²) in [6, 6.07) is 7.94. The first-order valence-corrected chi connectivity index (χ1v) is 9.48. The molecule has 0 unspecified atom stereocenters. The molecule has 0 radical (unpaired) electrons. The maximum Gasteiger partial charge on any atom is 0.246 e. The molecule has 1 aliphatic rings. The molecule has 1 saturated heterocycles. The number of aryl methyl sites for hydroxylation is 2. The summed E-state index contributed by atoms with van der Waals surface area (Å²) in [7, 11) is -3.47. The quantitative estimate of drug-likeness (QED) is 0.868. The molecule has 0 saturated carbocycles. The largest absolute Gasteiger partial charge is 0.246 e. The van der Waals surface area contributed by atoms with Crippen molar-refractivity contribution in [3.63, 3.8) is 0 Å². The SMILES string of the molecule is Cc1ccc(-n2nc(C)c(S(=O)(=O)N3CCCCC3)c2C)cc1. The van der Waals surface area contributed by atoms with Gasteiger partial charge in [0.2, 0.25) is 10.0 Å². The van der Waals surface area contributed by atoms with E-state index in [1.807, 2.05) is 38.1 Å². The second-order valence-electron chi connectivity index (χ2n) is 6.21. The van der Waals surface area contributed by atoms with E-state index in [4.69, 9.17) is 0 Å². The van der Waals surface area contributed by atoms with Crippen LogP contribution < -0.4 is 0 Å². The predicted molar refractivity (Wildman–Crippen MR) is 90.4 cm³/mol. The first-order chi connectivity index (χ1) is 10.9. The Labute approximate surface area is 138 Å². The normalized spacial score (nSPS) is 16.7. The molecule has 3 rings (SSSR count). The van der Waals surface area contributed by atoms with Crippen LogP contribution in [0.25, 0.3) is 5.69 Å². The summed E-state index contributed by atoms with van der Waals surface area (Å²) < 4.78 is 29.3. The Morgan fingerprint density at radius 3 is 2.17 bits per heavy atom. The molecule has 1 aromatic heterocycles. The van der Waals surface area contributed by atoms with Crippen LogP contribution >= 0.6 is 0 Å². The maximum absolute atomic E-state index is 13.0. The van der Waals surface area contributed by atoms with E-state index in [1.54, 1.807) is 15.9 Å². The molecule has 2 heterocycles. The van der Waals surface area contributed by atoms with Gasteiger partial charge in [-0.15, -0.1) is 0 Å². The third-order valence-electron chi connectivity index (χ3n) is 4.42. The predicted octanol–water partition coefficient (Wildman–Crippen LogP) is 2.97. The van der Waals surface area contributed by atoms with Crippen molar-refractivity contribution >= 4 is 10.0 Å². The highest BCUT2D eigenvalue weighted by atomic mass is 32.2. The minimum absolute atomic E-state index is 0.361. The number of benzene rings is 1. The van der Waals surface area contributed by atoms with Gasteiger partial charge in [0, 0.05) is 13.1 Å². The molecule has 0 amide bonds. The second kappa shape index (κ2) is 6.09.